The fourth-order valence-electron chi connectivity index (χ4n) is 3.01. The Labute approximate surface area is 167 Å². The lowest BCUT2D eigenvalue weighted by Crippen LogP contribution is -2.13. The van der Waals surface area contributed by atoms with Gasteiger partial charge in [-0.05, 0) is 32.8 Å². The van der Waals surface area contributed by atoms with Gasteiger partial charge in [0.15, 0.2) is 17.3 Å². The summed E-state index contributed by atoms with van der Waals surface area (Å²) in [5.74, 6) is -2.23. The predicted molar refractivity (Wildman–Crippen MR) is 106 cm³/mol. The molecule has 0 bridgehead atoms. The van der Waals surface area contributed by atoms with Gasteiger partial charge >= 0.3 is 0 Å². The van der Waals surface area contributed by atoms with Gasteiger partial charge in [-0.3, -0.25) is 9.48 Å². The third-order valence-electron chi connectivity index (χ3n) is 4.37. The number of alkyl halides is 2. The highest BCUT2D eigenvalue weighted by Gasteiger charge is 2.21. The van der Waals surface area contributed by atoms with E-state index in [1.807, 2.05) is 31.2 Å². The summed E-state index contributed by atoms with van der Waals surface area (Å²) in [6.07, 6.45) is 4.03. The lowest BCUT2D eigenvalue weighted by molar-refractivity contribution is 0.0102. The fraction of sp³-hybridized carbons (Fsp3) is 0.381. The van der Waals surface area contributed by atoms with Crippen molar-refractivity contribution >= 4 is 11.6 Å². The Bertz CT molecular complexity index is 989. The summed E-state index contributed by atoms with van der Waals surface area (Å²) in [6.45, 7) is 5.07. The third-order valence-corrected chi connectivity index (χ3v) is 4.37. The van der Waals surface area contributed by atoms with E-state index in [0.29, 0.717) is 36.7 Å². The summed E-state index contributed by atoms with van der Waals surface area (Å²) < 4.78 is 33.0. The number of aryl methyl sites for hydroxylation is 3. The van der Waals surface area contributed by atoms with Gasteiger partial charge in [0, 0.05) is 31.6 Å². The highest BCUT2D eigenvalue weighted by atomic mass is 19.3. The molecule has 0 aliphatic rings. The van der Waals surface area contributed by atoms with E-state index < -0.39 is 11.8 Å². The number of carbonyl (C=O) groups excluding carboxylic acids is 1. The standard InChI is InChI=1S/C21H24F2N4O2/c1-14-7-6-8-16(11-14)19-18(25-15(2)29-19)20(28)26-17-12-24-27(13-17)10-5-4-9-21(3,22)23/h6-8,11-13H,4-5,9-10H2,1-3H3,(H,26,28). The van der Waals surface area contributed by atoms with E-state index in [9.17, 15) is 13.6 Å². The van der Waals surface area contributed by atoms with Crippen molar-refractivity contribution in [1.29, 1.82) is 0 Å². The number of hydrogen-bond acceptors (Lipinski definition) is 4. The molecule has 1 N–H and O–H groups in total. The van der Waals surface area contributed by atoms with E-state index in [4.69, 9.17) is 4.42 Å². The second kappa shape index (κ2) is 8.55. The van der Waals surface area contributed by atoms with Crippen LogP contribution in [0.3, 0.4) is 0 Å². The smallest absolute Gasteiger partial charge is 0.278 e. The van der Waals surface area contributed by atoms with Crippen LogP contribution in [0.2, 0.25) is 0 Å². The van der Waals surface area contributed by atoms with Gasteiger partial charge in [-0.2, -0.15) is 5.10 Å². The molecule has 0 saturated carbocycles. The second-order valence-electron chi connectivity index (χ2n) is 7.25. The van der Waals surface area contributed by atoms with Gasteiger partial charge in [0.25, 0.3) is 5.91 Å². The number of halogens is 2. The Morgan fingerprint density at radius 3 is 2.79 bits per heavy atom. The minimum atomic E-state index is -2.64. The van der Waals surface area contributed by atoms with Crippen molar-refractivity contribution in [3.05, 3.63) is 53.8 Å². The number of rotatable bonds is 8. The van der Waals surface area contributed by atoms with Crippen LogP contribution in [0.15, 0.2) is 41.1 Å². The van der Waals surface area contributed by atoms with Gasteiger partial charge in [-0.25, -0.2) is 13.8 Å². The molecule has 8 heteroatoms. The maximum absolute atomic E-state index is 12.9. The lowest BCUT2D eigenvalue weighted by atomic mass is 10.1. The number of hydrogen-bond donors (Lipinski definition) is 1. The van der Waals surface area contributed by atoms with Crippen LogP contribution in [0, 0.1) is 13.8 Å². The summed E-state index contributed by atoms with van der Waals surface area (Å²) in [4.78, 5) is 17.0. The van der Waals surface area contributed by atoms with Crippen molar-refractivity contribution in [2.24, 2.45) is 0 Å². The van der Waals surface area contributed by atoms with E-state index >= 15 is 0 Å². The molecule has 0 spiro atoms. The summed E-state index contributed by atoms with van der Waals surface area (Å²) in [6, 6.07) is 7.64. The van der Waals surface area contributed by atoms with Gasteiger partial charge in [0.1, 0.15) is 0 Å². The number of nitrogens with one attached hydrogen (secondary N) is 1. The molecule has 0 atom stereocenters. The Balaban J connectivity index is 1.65. The molecule has 0 saturated heterocycles. The van der Waals surface area contributed by atoms with E-state index in [-0.39, 0.29) is 12.1 Å². The Kier molecular flexibility index (Phi) is 6.10. The Hall–Kier alpha value is -3.03. The highest BCUT2D eigenvalue weighted by molar-refractivity contribution is 6.06. The summed E-state index contributed by atoms with van der Waals surface area (Å²) in [5.41, 5.74) is 2.53. The predicted octanol–water partition coefficient (Wildman–Crippen LogP) is 5.23. The minimum absolute atomic E-state index is 0.148. The maximum atomic E-state index is 12.9. The Morgan fingerprint density at radius 1 is 1.28 bits per heavy atom. The molecule has 154 valence electrons. The Morgan fingerprint density at radius 2 is 2.07 bits per heavy atom. The number of anilines is 1. The fourth-order valence-corrected chi connectivity index (χ4v) is 3.01. The zero-order valence-electron chi connectivity index (χ0n) is 16.7. The van der Waals surface area contributed by atoms with Crippen LogP contribution in [-0.2, 0) is 6.54 Å². The molecule has 0 unspecified atom stereocenters. The van der Waals surface area contributed by atoms with Crippen molar-refractivity contribution in [3.8, 4) is 11.3 Å². The summed E-state index contributed by atoms with van der Waals surface area (Å²) in [5, 5.41) is 6.93. The highest BCUT2D eigenvalue weighted by Crippen LogP contribution is 2.26. The van der Waals surface area contributed by atoms with Crippen molar-refractivity contribution in [2.45, 2.75) is 52.5 Å². The van der Waals surface area contributed by atoms with Crippen molar-refractivity contribution in [3.63, 3.8) is 0 Å². The first kappa shape index (κ1) is 20.7. The zero-order chi connectivity index (χ0) is 21.0. The second-order valence-corrected chi connectivity index (χ2v) is 7.25. The first-order chi connectivity index (χ1) is 13.7. The molecule has 1 amide bonds. The molecular formula is C21H24F2N4O2. The van der Waals surface area contributed by atoms with Crippen LogP contribution in [-0.4, -0.2) is 26.6 Å². The number of unbranched alkanes of at least 4 members (excludes halogenated alkanes) is 1. The van der Waals surface area contributed by atoms with Crippen LogP contribution in [0.25, 0.3) is 11.3 Å². The summed E-state index contributed by atoms with van der Waals surface area (Å²) in [7, 11) is 0. The molecule has 1 aromatic carbocycles. The molecule has 0 fully saturated rings. The van der Waals surface area contributed by atoms with Gasteiger partial charge < -0.3 is 9.73 Å². The van der Waals surface area contributed by atoms with E-state index in [1.165, 1.54) is 6.20 Å². The van der Waals surface area contributed by atoms with Crippen molar-refractivity contribution in [1.82, 2.24) is 14.8 Å². The monoisotopic (exact) mass is 402 g/mol. The van der Waals surface area contributed by atoms with E-state index in [0.717, 1.165) is 18.1 Å². The van der Waals surface area contributed by atoms with E-state index in [2.05, 4.69) is 15.4 Å². The molecule has 3 rings (SSSR count). The lowest BCUT2D eigenvalue weighted by Gasteiger charge is -2.09. The SMILES string of the molecule is Cc1cccc(-c2oc(C)nc2C(=O)Nc2cnn(CCCCC(C)(F)F)c2)c1. The van der Waals surface area contributed by atoms with Crippen molar-refractivity contribution in [2.75, 3.05) is 5.32 Å². The average Bonchev–Trinajstić information content (AvgIpc) is 3.24. The van der Waals surface area contributed by atoms with Gasteiger partial charge in [0.2, 0.25) is 5.92 Å². The van der Waals surface area contributed by atoms with Crippen LogP contribution in [0.5, 0.6) is 0 Å². The quantitative estimate of drug-likeness (QED) is 0.524. The van der Waals surface area contributed by atoms with Gasteiger partial charge in [-0.1, -0.05) is 23.8 Å². The minimum Gasteiger partial charge on any atom is -0.440 e. The number of oxazole rings is 1. The molecule has 0 aliphatic heterocycles. The molecule has 6 nitrogen and oxygen atoms in total. The topological polar surface area (TPSA) is 73.0 Å². The number of carbonyl (C=O) groups is 1. The third kappa shape index (κ3) is 5.73. The summed E-state index contributed by atoms with van der Waals surface area (Å²) >= 11 is 0. The molecular weight excluding hydrogens is 378 g/mol. The van der Waals surface area contributed by atoms with Crippen molar-refractivity contribution < 1.29 is 18.0 Å². The molecule has 3 aromatic rings. The number of amides is 1. The van der Waals surface area contributed by atoms with Crippen LogP contribution in [0.4, 0.5) is 14.5 Å². The molecule has 0 aliphatic carbocycles. The molecule has 29 heavy (non-hydrogen) atoms. The van der Waals surface area contributed by atoms with Crippen LogP contribution in [0.1, 0.15) is 48.1 Å². The number of aromatic nitrogens is 3. The van der Waals surface area contributed by atoms with E-state index in [1.54, 1.807) is 17.8 Å². The first-order valence-corrected chi connectivity index (χ1v) is 9.47. The first-order valence-electron chi connectivity index (χ1n) is 9.47. The normalized spacial score (nSPS) is 11.6. The van der Waals surface area contributed by atoms with Gasteiger partial charge in [0.05, 0.1) is 11.9 Å². The number of nitrogens with zero attached hydrogens (tertiary/aromatic N) is 3. The van der Waals surface area contributed by atoms with Crippen LogP contribution < -0.4 is 5.32 Å². The average molecular weight is 402 g/mol. The number of benzene rings is 1. The largest absolute Gasteiger partial charge is 0.440 e. The zero-order valence-corrected chi connectivity index (χ0v) is 16.7. The van der Waals surface area contributed by atoms with Gasteiger partial charge in [-0.15, -0.1) is 0 Å². The van der Waals surface area contributed by atoms with Crippen LogP contribution >= 0.6 is 0 Å². The maximum Gasteiger partial charge on any atom is 0.278 e. The molecule has 2 heterocycles. The molecule has 2 aromatic heterocycles. The molecule has 0 radical (unpaired) electrons.